The van der Waals surface area contributed by atoms with Crippen LogP contribution in [0.2, 0.25) is 0 Å². The summed E-state index contributed by atoms with van der Waals surface area (Å²) in [6, 6.07) is 0. The third-order valence-electron chi connectivity index (χ3n) is 1.02. The molecule has 0 spiro atoms. The van der Waals surface area contributed by atoms with Crippen LogP contribution in [0.1, 0.15) is 0 Å². The number of hydrogen-bond acceptors (Lipinski definition) is 3. The molecule has 0 bridgehead atoms. The van der Waals surface area contributed by atoms with Gasteiger partial charge in [-0.3, -0.25) is 4.79 Å². The van der Waals surface area contributed by atoms with Crippen molar-refractivity contribution in [3.8, 4) is 0 Å². The van der Waals surface area contributed by atoms with E-state index in [1.54, 1.807) is 0 Å². The van der Waals surface area contributed by atoms with Gasteiger partial charge in [0.2, 0.25) is 5.91 Å². The van der Waals surface area contributed by atoms with Crippen molar-refractivity contribution in [2.45, 2.75) is 0 Å². The van der Waals surface area contributed by atoms with Gasteiger partial charge in [-0.05, 0) is 6.16 Å². The van der Waals surface area contributed by atoms with E-state index in [1.807, 2.05) is 0 Å². The molecule has 0 rings (SSSR count). The predicted octanol–water partition coefficient (Wildman–Crippen LogP) is -0.293. The highest BCUT2D eigenvalue weighted by Crippen LogP contribution is 1.80. The van der Waals surface area contributed by atoms with Gasteiger partial charge in [-0.1, -0.05) is 0 Å². The van der Waals surface area contributed by atoms with Gasteiger partial charge in [-0.25, -0.2) is 4.79 Å². The van der Waals surface area contributed by atoms with Gasteiger partial charge < -0.3 is 10.1 Å². The van der Waals surface area contributed by atoms with Crippen molar-refractivity contribution in [3.05, 3.63) is 12.2 Å². The normalized spacial score (nSPS) is 9.83. The largest absolute Gasteiger partial charge is 0.466 e. The lowest BCUT2D eigenvalue weighted by Crippen LogP contribution is -2.23. The second-order valence-electron chi connectivity index (χ2n) is 1.94. The molecule has 0 aliphatic rings. The van der Waals surface area contributed by atoms with Gasteiger partial charge in [0.05, 0.1) is 7.11 Å². The van der Waals surface area contributed by atoms with Crippen molar-refractivity contribution in [1.29, 1.82) is 0 Å². The summed E-state index contributed by atoms with van der Waals surface area (Å²) in [5.74, 6) is -0.820. The summed E-state index contributed by atoms with van der Waals surface area (Å²) in [6.07, 6.45) is 3.02. The Hall–Kier alpha value is -0.890. The van der Waals surface area contributed by atoms with Crippen molar-refractivity contribution in [3.63, 3.8) is 0 Å². The Morgan fingerprint density at radius 2 is 2.17 bits per heavy atom. The summed E-state index contributed by atoms with van der Waals surface area (Å²) >= 11 is 0. The molecule has 68 valence electrons. The number of rotatable bonds is 4. The molecule has 1 N–H and O–H groups in total. The van der Waals surface area contributed by atoms with Crippen LogP contribution in [0.15, 0.2) is 12.2 Å². The third kappa shape index (κ3) is 5.86. The molecule has 0 radical (unpaired) electrons. The highest BCUT2D eigenvalue weighted by molar-refractivity contribution is 7.16. The van der Waals surface area contributed by atoms with Crippen LogP contribution in [0.4, 0.5) is 0 Å². The lowest BCUT2D eigenvalue weighted by Gasteiger charge is -1.96. The zero-order valence-corrected chi connectivity index (χ0v) is 8.03. The fourth-order valence-corrected chi connectivity index (χ4v) is 0.610. The van der Waals surface area contributed by atoms with Crippen molar-refractivity contribution in [2.75, 3.05) is 19.8 Å². The standard InChI is InChI=1S/C7H12NO3P/c1-11-7(10)3-2-6(9)8-4-5-12/h2-3H,4-5,12H2,1H3,(H,8,9)/b3-2+. The first kappa shape index (κ1) is 11.1. The van der Waals surface area contributed by atoms with Gasteiger partial charge >= 0.3 is 5.97 Å². The molecule has 0 saturated heterocycles. The molecule has 12 heavy (non-hydrogen) atoms. The Morgan fingerprint density at radius 1 is 1.50 bits per heavy atom. The topological polar surface area (TPSA) is 55.4 Å². The Kier molecular flexibility index (Phi) is 6.29. The highest BCUT2D eigenvalue weighted by atomic mass is 31.0. The number of carbonyl (C=O) groups is 2. The number of esters is 1. The number of hydrogen-bond donors (Lipinski definition) is 1. The maximum Gasteiger partial charge on any atom is 0.330 e. The van der Waals surface area contributed by atoms with Gasteiger partial charge in [0.25, 0.3) is 0 Å². The molecule has 5 heteroatoms. The zero-order valence-electron chi connectivity index (χ0n) is 6.87. The third-order valence-corrected chi connectivity index (χ3v) is 1.30. The SMILES string of the molecule is COC(=O)/C=C/C(=O)NCCP. The maximum absolute atomic E-state index is 10.8. The quantitative estimate of drug-likeness (QED) is 0.375. The average molecular weight is 189 g/mol. The first-order valence-corrected chi connectivity index (χ1v) is 4.26. The number of carbonyl (C=O) groups excluding carboxylic acids is 2. The van der Waals surface area contributed by atoms with E-state index in [0.717, 1.165) is 18.3 Å². The van der Waals surface area contributed by atoms with Crippen LogP contribution in [0.25, 0.3) is 0 Å². The number of methoxy groups -OCH3 is 1. The minimum absolute atomic E-state index is 0.289. The summed E-state index contributed by atoms with van der Waals surface area (Å²) in [7, 11) is 3.74. The molecular formula is C7H12NO3P. The molecule has 0 fully saturated rings. The molecule has 4 nitrogen and oxygen atoms in total. The minimum Gasteiger partial charge on any atom is -0.466 e. The highest BCUT2D eigenvalue weighted by Gasteiger charge is 1.95. The van der Waals surface area contributed by atoms with Crippen molar-refractivity contribution >= 4 is 21.1 Å². The van der Waals surface area contributed by atoms with E-state index in [0.29, 0.717) is 6.54 Å². The van der Waals surface area contributed by atoms with Crippen molar-refractivity contribution in [1.82, 2.24) is 5.32 Å². The second-order valence-corrected chi connectivity index (χ2v) is 2.51. The molecule has 0 aliphatic heterocycles. The van der Waals surface area contributed by atoms with E-state index in [9.17, 15) is 9.59 Å². The molecule has 0 heterocycles. The van der Waals surface area contributed by atoms with Crippen LogP contribution in [0.3, 0.4) is 0 Å². The molecule has 1 atom stereocenters. The zero-order chi connectivity index (χ0) is 9.40. The molecule has 0 saturated carbocycles. The number of ether oxygens (including phenoxy) is 1. The lowest BCUT2D eigenvalue weighted by molar-refractivity contribution is -0.135. The molecule has 0 aliphatic carbocycles. The molecule has 0 aromatic heterocycles. The van der Waals surface area contributed by atoms with E-state index in [1.165, 1.54) is 7.11 Å². The first-order chi connectivity index (χ1) is 5.70. The van der Waals surface area contributed by atoms with E-state index in [4.69, 9.17) is 0 Å². The Morgan fingerprint density at radius 3 is 2.67 bits per heavy atom. The Balaban J connectivity index is 3.67. The number of amides is 1. The lowest BCUT2D eigenvalue weighted by atomic mass is 10.4. The van der Waals surface area contributed by atoms with Crippen molar-refractivity contribution in [2.24, 2.45) is 0 Å². The average Bonchev–Trinajstić information content (AvgIpc) is 2.10. The van der Waals surface area contributed by atoms with Crippen LogP contribution in [-0.4, -0.2) is 31.7 Å². The van der Waals surface area contributed by atoms with Gasteiger partial charge in [0.1, 0.15) is 0 Å². The first-order valence-electron chi connectivity index (χ1n) is 3.44. The Labute approximate surface area is 73.6 Å². The van der Waals surface area contributed by atoms with E-state index < -0.39 is 5.97 Å². The maximum atomic E-state index is 10.8. The van der Waals surface area contributed by atoms with Crippen LogP contribution in [0, 0.1) is 0 Å². The van der Waals surface area contributed by atoms with Crippen LogP contribution >= 0.6 is 9.24 Å². The van der Waals surface area contributed by atoms with E-state index in [-0.39, 0.29) is 5.91 Å². The summed E-state index contributed by atoms with van der Waals surface area (Å²) < 4.78 is 4.30. The van der Waals surface area contributed by atoms with Gasteiger partial charge in [-0.15, -0.1) is 9.24 Å². The Bertz CT molecular complexity index is 191. The van der Waals surface area contributed by atoms with E-state index in [2.05, 4.69) is 19.3 Å². The van der Waals surface area contributed by atoms with Gasteiger partial charge in [0, 0.05) is 18.7 Å². The van der Waals surface area contributed by atoms with Crippen LogP contribution in [0.5, 0.6) is 0 Å². The summed E-state index contributed by atoms with van der Waals surface area (Å²) in [6.45, 7) is 0.578. The predicted molar refractivity (Wildman–Crippen MR) is 48.7 cm³/mol. The fourth-order valence-electron chi connectivity index (χ4n) is 0.466. The minimum atomic E-state index is -0.531. The molecule has 1 amide bonds. The smallest absolute Gasteiger partial charge is 0.330 e. The number of nitrogens with one attached hydrogen (secondary N) is 1. The summed E-state index contributed by atoms with van der Waals surface area (Å²) in [5.41, 5.74) is 0. The van der Waals surface area contributed by atoms with Gasteiger partial charge in [0.15, 0.2) is 0 Å². The van der Waals surface area contributed by atoms with Crippen LogP contribution < -0.4 is 5.32 Å². The summed E-state index contributed by atoms with van der Waals surface area (Å²) in [4.78, 5) is 21.3. The van der Waals surface area contributed by atoms with Crippen molar-refractivity contribution < 1.29 is 14.3 Å². The molecule has 0 aromatic rings. The molecule has 0 aromatic carbocycles. The monoisotopic (exact) mass is 189 g/mol. The van der Waals surface area contributed by atoms with E-state index >= 15 is 0 Å². The second kappa shape index (κ2) is 6.80. The fraction of sp³-hybridized carbons (Fsp3) is 0.429. The van der Waals surface area contributed by atoms with Gasteiger partial charge in [-0.2, -0.15) is 0 Å². The molecular weight excluding hydrogens is 177 g/mol. The van der Waals surface area contributed by atoms with Crippen LogP contribution in [-0.2, 0) is 14.3 Å². The molecule has 1 unspecified atom stereocenters. The summed E-state index contributed by atoms with van der Waals surface area (Å²) in [5, 5.41) is 2.56.